The van der Waals surface area contributed by atoms with Crippen LogP contribution in [-0.4, -0.2) is 30.5 Å². The molecule has 0 aromatic heterocycles. The van der Waals surface area contributed by atoms with Crippen LogP contribution in [-0.2, 0) is 17.6 Å². The summed E-state index contributed by atoms with van der Waals surface area (Å²) in [4.78, 5) is 14.2. The van der Waals surface area contributed by atoms with E-state index in [4.69, 9.17) is 10.00 Å². The summed E-state index contributed by atoms with van der Waals surface area (Å²) in [6, 6.07) is 19.9. The summed E-state index contributed by atoms with van der Waals surface area (Å²) in [7, 11) is 0. The Morgan fingerprint density at radius 3 is 2.40 bits per heavy atom. The molecule has 0 aliphatic rings. The lowest BCUT2D eigenvalue weighted by molar-refractivity contribution is -0.133. The number of carbonyl (C=O) groups is 1. The minimum atomic E-state index is -0.0919. The first kappa shape index (κ1) is 18.5. The van der Waals surface area contributed by atoms with E-state index in [0.29, 0.717) is 25.3 Å². The Morgan fingerprint density at radius 1 is 1.04 bits per heavy atom. The second kappa shape index (κ2) is 10.1. The monoisotopic (exact) mass is 336 g/mol. The van der Waals surface area contributed by atoms with E-state index < -0.39 is 0 Å². The van der Waals surface area contributed by atoms with Gasteiger partial charge in [-0.2, -0.15) is 5.26 Å². The smallest absolute Gasteiger partial charge is 0.260 e. The molecule has 0 aliphatic carbocycles. The van der Waals surface area contributed by atoms with Crippen LogP contribution in [0.2, 0.25) is 0 Å². The van der Waals surface area contributed by atoms with E-state index in [1.165, 1.54) is 11.1 Å². The molecule has 0 radical (unpaired) electrons. The van der Waals surface area contributed by atoms with Crippen molar-refractivity contribution in [3.63, 3.8) is 0 Å². The molecule has 2 aromatic carbocycles. The summed E-state index contributed by atoms with van der Waals surface area (Å²) in [5, 5.41) is 8.82. The van der Waals surface area contributed by atoms with Crippen LogP contribution < -0.4 is 4.74 Å². The number of ether oxygens (including phenoxy) is 1. The molecule has 25 heavy (non-hydrogen) atoms. The molecule has 0 unspecified atom stereocenters. The highest BCUT2D eigenvalue weighted by Crippen LogP contribution is 2.13. The average molecular weight is 336 g/mol. The number of aryl methyl sites for hydroxylation is 1. The molecule has 0 aliphatic heterocycles. The molecule has 0 saturated carbocycles. The van der Waals surface area contributed by atoms with Gasteiger partial charge in [-0.05, 0) is 36.1 Å². The largest absolute Gasteiger partial charge is 0.484 e. The van der Waals surface area contributed by atoms with Crippen LogP contribution in [0.1, 0.15) is 24.5 Å². The third kappa shape index (κ3) is 6.31. The first-order valence-corrected chi connectivity index (χ1v) is 8.63. The summed E-state index contributed by atoms with van der Waals surface area (Å²) in [5.41, 5.74) is 2.41. The topological polar surface area (TPSA) is 53.3 Å². The maximum Gasteiger partial charge on any atom is 0.260 e. The molecule has 4 heteroatoms. The Labute approximate surface area is 149 Å². The predicted octanol–water partition coefficient (Wildman–Crippen LogP) is 3.61. The van der Waals surface area contributed by atoms with Crippen LogP contribution >= 0.6 is 0 Å². The lowest BCUT2D eigenvalue weighted by atomic mass is 10.1. The molecule has 0 spiro atoms. The molecule has 2 aromatic rings. The molecular weight excluding hydrogens is 312 g/mol. The van der Waals surface area contributed by atoms with Gasteiger partial charge in [0.25, 0.3) is 5.91 Å². The highest BCUT2D eigenvalue weighted by atomic mass is 16.5. The molecule has 130 valence electrons. The maximum atomic E-state index is 12.5. The van der Waals surface area contributed by atoms with E-state index >= 15 is 0 Å². The van der Waals surface area contributed by atoms with Gasteiger partial charge in [-0.1, -0.05) is 49.4 Å². The van der Waals surface area contributed by atoms with E-state index in [0.717, 1.165) is 12.8 Å². The van der Waals surface area contributed by atoms with Crippen molar-refractivity contribution in [2.45, 2.75) is 26.2 Å². The molecular formula is C21H24N2O2. The highest BCUT2D eigenvalue weighted by Gasteiger charge is 2.14. The van der Waals surface area contributed by atoms with Crippen molar-refractivity contribution >= 4 is 5.91 Å². The standard InChI is InChI=1S/C21H24N2O2/c1-2-18-9-11-20(12-10-18)25-17-21(24)23(15-6-14-22)16-13-19-7-4-3-5-8-19/h3-5,7-12H,2,6,13,15-17H2,1H3. The van der Waals surface area contributed by atoms with Crippen molar-refractivity contribution in [1.29, 1.82) is 5.26 Å². The Bertz CT molecular complexity index is 690. The van der Waals surface area contributed by atoms with E-state index in [1.54, 1.807) is 4.90 Å². The number of amides is 1. The van der Waals surface area contributed by atoms with E-state index in [9.17, 15) is 4.79 Å². The number of rotatable bonds is 9. The zero-order valence-electron chi connectivity index (χ0n) is 14.6. The van der Waals surface area contributed by atoms with E-state index in [-0.39, 0.29) is 12.5 Å². The number of nitriles is 1. The summed E-state index contributed by atoms with van der Waals surface area (Å²) >= 11 is 0. The Hall–Kier alpha value is -2.80. The lowest BCUT2D eigenvalue weighted by Crippen LogP contribution is -2.37. The predicted molar refractivity (Wildman–Crippen MR) is 98.3 cm³/mol. The molecule has 0 heterocycles. The first-order chi connectivity index (χ1) is 12.2. The molecule has 0 saturated heterocycles. The van der Waals surface area contributed by atoms with Gasteiger partial charge in [-0.25, -0.2) is 0 Å². The van der Waals surface area contributed by atoms with E-state index in [1.807, 2.05) is 54.6 Å². The van der Waals surface area contributed by atoms with Crippen molar-refractivity contribution in [2.24, 2.45) is 0 Å². The summed E-state index contributed by atoms with van der Waals surface area (Å²) in [6.07, 6.45) is 2.07. The van der Waals surface area contributed by atoms with Gasteiger partial charge in [-0.15, -0.1) is 0 Å². The van der Waals surface area contributed by atoms with Crippen molar-refractivity contribution in [3.8, 4) is 11.8 Å². The van der Waals surface area contributed by atoms with Gasteiger partial charge >= 0.3 is 0 Å². The SMILES string of the molecule is CCc1ccc(OCC(=O)N(CCC#N)CCc2ccccc2)cc1. The fraction of sp³-hybridized carbons (Fsp3) is 0.333. The summed E-state index contributed by atoms with van der Waals surface area (Å²) in [6.45, 7) is 3.11. The summed E-state index contributed by atoms with van der Waals surface area (Å²) in [5.74, 6) is 0.597. The van der Waals surface area contributed by atoms with Crippen molar-refractivity contribution in [3.05, 3.63) is 65.7 Å². The molecule has 4 nitrogen and oxygen atoms in total. The van der Waals surface area contributed by atoms with Gasteiger partial charge in [0.2, 0.25) is 0 Å². The van der Waals surface area contributed by atoms with Crippen molar-refractivity contribution < 1.29 is 9.53 Å². The number of hydrogen-bond acceptors (Lipinski definition) is 3. The Morgan fingerprint density at radius 2 is 1.76 bits per heavy atom. The van der Waals surface area contributed by atoms with Crippen LogP contribution in [0.3, 0.4) is 0 Å². The van der Waals surface area contributed by atoms with Gasteiger partial charge in [0, 0.05) is 13.1 Å². The fourth-order valence-electron chi connectivity index (χ4n) is 2.51. The normalized spacial score (nSPS) is 10.1. The minimum Gasteiger partial charge on any atom is -0.484 e. The van der Waals surface area contributed by atoms with Crippen LogP contribution in [0.5, 0.6) is 5.75 Å². The summed E-state index contributed by atoms with van der Waals surface area (Å²) < 4.78 is 5.61. The van der Waals surface area contributed by atoms with Gasteiger partial charge < -0.3 is 9.64 Å². The maximum absolute atomic E-state index is 12.5. The first-order valence-electron chi connectivity index (χ1n) is 8.63. The second-order valence-electron chi connectivity index (χ2n) is 5.81. The second-order valence-corrected chi connectivity index (χ2v) is 5.81. The molecule has 1 amide bonds. The van der Waals surface area contributed by atoms with Crippen molar-refractivity contribution in [2.75, 3.05) is 19.7 Å². The fourth-order valence-corrected chi connectivity index (χ4v) is 2.51. The molecule has 2 rings (SSSR count). The number of benzene rings is 2. The Kier molecular flexibility index (Phi) is 7.52. The third-order valence-corrected chi connectivity index (χ3v) is 4.05. The number of carbonyl (C=O) groups excluding carboxylic acids is 1. The molecule has 0 N–H and O–H groups in total. The van der Waals surface area contributed by atoms with Crippen LogP contribution in [0, 0.1) is 11.3 Å². The van der Waals surface area contributed by atoms with E-state index in [2.05, 4.69) is 13.0 Å². The van der Waals surface area contributed by atoms with Gasteiger partial charge in [0.05, 0.1) is 12.5 Å². The lowest BCUT2D eigenvalue weighted by Gasteiger charge is -2.22. The zero-order chi connectivity index (χ0) is 17.9. The Balaban J connectivity index is 1.89. The quantitative estimate of drug-likeness (QED) is 0.703. The van der Waals surface area contributed by atoms with Crippen LogP contribution in [0.25, 0.3) is 0 Å². The average Bonchev–Trinajstić information content (AvgIpc) is 2.67. The molecule has 0 atom stereocenters. The number of nitrogens with zero attached hydrogens (tertiary/aromatic N) is 2. The zero-order valence-corrected chi connectivity index (χ0v) is 14.6. The third-order valence-electron chi connectivity index (χ3n) is 4.05. The van der Waals surface area contributed by atoms with Crippen molar-refractivity contribution in [1.82, 2.24) is 4.90 Å². The number of hydrogen-bond donors (Lipinski definition) is 0. The van der Waals surface area contributed by atoms with Gasteiger partial charge in [0.15, 0.2) is 6.61 Å². The van der Waals surface area contributed by atoms with Crippen LogP contribution in [0.15, 0.2) is 54.6 Å². The van der Waals surface area contributed by atoms with Gasteiger partial charge in [-0.3, -0.25) is 4.79 Å². The van der Waals surface area contributed by atoms with Crippen LogP contribution in [0.4, 0.5) is 0 Å². The highest BCUT2D eigenvalue weighted by molar-refractivity contribution is 5.77. The molecule has 0 fully saturated rings. The van der Waals surface area contributed by atoms with Gasteiger partial charge in [0.1, 0.15) is 5.75 Å². The minimum absolute atomic E-state index is 0.00824. The molecule has 0 bridgehead atoms.